The molecule has 0 saturated heterocycles. The predicted molar refractivity (Wildman–Crippen MR) is 82.1 cm³/mol. The fraction of sp³-hybridized carbons (Fsp3) is 0.500. The van der Waals surface area contributed by atoms with Crippen molar-refractivity contribution in [1.29, 1.82) is 5.26 Å². The number of thioether (sulfide) groups is 1. The minimum absolute atomic E-state index is 0.396. The standard InChI is InChI=1S/C14H17BrN2S/c1-18-14(6-2-3-7-14)10-17-13-5-4-11(9-16)8-12(13)15/h4-5,8,17H,2-3,6-7,10H2,1H3. The number of halogens is 1. The van der Waals surface area contributed by atoms with Crippen LogP contribution in [-0.4, -0.2) is 17.5 Å². The zero-order valence-corrected chi connectivity index (χ0v) is 12.9. The predicted octanol–water partition coefficient (Wildman–Crippen LogP) is 4.41. The van der Waals surface area contributed by atoms with Crippen LogP contribution in [-0.2, 0) is 0 Å². The molecular weight excluding hydrogens is 308 g/mol. The maximum atomic E-state index is 8.84. The second-order valence-corrected chi connectivity index (χ2v) is 6.88. The summed E-state index contributed by atoms with van der Waals surface area (Å²) in [5.41, 5.74) is 1.77. The molecule has 4 heteroatoms. The minimum Gasteiger partial charge on any atom is -0.383 e. The van der Waals surface area contributed by atoms with Gasteiger partial charge in [-0.3, -0.25) is 0 Å². The summed E-state index contributed by atoms with van der Waals surface area (Å²) in [5.74, 6) is 0. The van der Waals surface area contributed by atoms with Crippen LogP contribution < -0.4 is 5.32 Å². The Kier molecular flexibility index (Phi) is 4.58. The van der Waals surface area contributed by atoms with Crippen LogP contribution in [0.5, 0.6) is 0 Å². The number of nitrogens with one attached hydrogen (secondary N) is 1. The second kappa shape index (κ2) is 5.99. The average molecular weight is 325 g/mol. The molecule has 18 heavy (non-hydrogen) atoms. The molecule has 96 valence electrons. The van der Waals surface area contributed by atoms with E-state index in [1.807, 2.05) is 30.0 Å². The van der Waals surface area contributed by atoms with Gasteiger partial charge in [-0.1, -0.05) is 12.8 Å². The fourth-order valence-corrected chi connectivity index (χ4v) is 3.89. The van der Waals surface area contributed by atoms with Crippen LogP contribution in [0.15, 0.2) is 22.7 Å². The summed E-state index contributed by atoms with van der Waals surface area (Å²) in [7, 11) is 0. The Labute approximate surface area is 121 Å². The van der Waals surface area contributed by atoms with Crippen molar-refractivity contribution in [3.05, 3.63) is 28.2 Å². The van der Waals surface area contributed by atoms with Crippen molar-refractivity contribution < 1.29 is 0 Å². The quantitative estimate of drug-likeness (QED) is 0.891. The van der Waals surface area contributed by atoms with Gasteiger partial charge in [-0.05, 0) is 53.2 Å². The third kappa shape index (κ3) is 3.02. The van der Waals surface area contributed by atoms with Gasteiger partial charge < -0.3 is 5.32 Å². The van der Waals surface area contributed by atoms with E-state index in [9.17, 15) is 0 Å². The van der Waals surface area contributed by atoms with Gasteiger partial charge in [0.05, 0.1) is 11.6 Å². The largest absolute Gasteiger partial charge is 0.383 e. The lowest BCUT2D eigenvalue weighted by Crippen LogP contribution is -2.30. The van der Waals surface area contributed by atoms with Gasteiger partial charge >= 0.3 is 0 Å². The van der Waals surface area contributed by atoms with Gasteiger partial charge in [0.1, 0.15) is 0 Å². The first-order valence-electron chi connectivity index (χ1n) is 6.18. The molecule has 0 aliphatic heterocycles. The van der Waals surface area contributed by atoms with Crippen molar-refractivity contribution in [2.24, 2.45) is 0 Å². The molecule has 0 atom stereocenters. The van der Waals surface area contributed by atoms with Gasteiger partial charge in [-0.15, -0.1) is 0 Å². The highest BCUT2D eigenvalue weighted by molar-refractivity contribution is 9.10. The SMILES string of the molecule is CSC1(CNc2ccc(C#N)cc2Br)CCCC1. The molecule has 1 aliphatic rings. The van der Waals surface area contributed by atoms with Crippen LogP contribution in [0.4, 0.5) is 5.69 Å². The van der Waals surface area contributed by atoms with Crippen molar-refractivity contribution in [2.75, 3.05) is 18.1 Å². The van der Waals surface area contributed by atoms with Crippen LogP contribution in [0.1, 0.15) is 31.2 Å². The molecule has 0 spiro atoms. The summed E-state index contributed by atoms with van der Waals surface area (Å²) in [6, 6.07) is 7.85. The first kappa shape index (κ1) is 13.8. The molecule has 1 aliphatic carbocycles. The minimum atomic E-state index is 0.396. The first-order valence-corrected chi connectivity index (χ1v) is 8.19. The van der Waals surface area contributed by atoms with Crippen molar-refractivity contribution >= 4 is 33.4 Å². The monoisotopic (exact) mass is 324 g/mol. The molecule has 1 aromatic carbocycles. The van der Waals surface area contributed by atoms with E-state index >= 15 is 0 Å². The third-order valence-corrected chi connectivity index (χ3v) is 5.72. The number of nitriles is 1. The lowest BCUT2D eigenvalue weighted by Gasteiger charge is -2.27. The molecule has 0 amide bonds. The van der Waals surface area contributed by atoms with E-state index < -0.39 is 0 Å². The molecule has 2 rings (SSSR count). The molecule has 1 fully saturated rings. The second-order valence-electron chi connectivity index (χ2n) is 4.75. The topological polar surface area (TPSA) is 35.8 Å². The maximum Gasteiger partial charge on any atom is 0.0992 e. The van der Waals surface area contributed by atoms with E-state index in [0.29, 0.717) is 10.3 Å². The zero-order chi connectivity index (χ0) is 13.0. The molecule has 2 nitrogen and oxygen atoms in total. The third-order valence-electron chi connectivity index (χ3n) is 3.65. The highest BCUT2D eigenvalue weighted by atomic mass is 79.9. The number of nitrogens with zero attached hydrogens (tertiary/aromatic N) is 1. The van der Waals surface area contributed by atoms with Gasteiger partial charge in [0.15, 0.2) is 0 Å². The first-order chi connectivity index (χ1) is 8.69. The van der Waals surface area contributed by atoms with Gasteiger partial charge in [0.25, 0.3) is 0 Å². The Bertz CT molecular complexity index is 461. The molecule has 0 unspecified atom stereocenters. The molecule has 1 aromatic rings. The van der Waals surface area contributed by atoms with E-state index in [1.54, 1.807) is 0 Å². The number of rotatable bonds is 4. The number of anilines is 1. The highest BCUT2D eigenvalue weighted by Crippen LogP contribution is 2.40. The van der Waals surface area contributed by atoms with Crippen LogP contribution >= 0.6 is 27.7 Å². The van der Waals surface area contributed by atoms with E-state index in [4.69, 9.17) is 5.26 Å². The van der Waals surface area contributed by atoms with Gasteiger partial charge in [0.2, 0.25) is 0 Å². The molecule has 0 radical (unpaired) electrons. The summed E-state index contributed by atoms with van der Waals surface area (Å²) in [4.78, 5) is 0. The highest BCUT2D eigenvalue weighted by Gasteiger charge is 2.32. The van der Waals surface area contributed by atoms with Crippen LogP contribution in [0.3, 0.4) is 0 Å². The smallest absolute Gasteiger partial charge is 0.0992 e. The van der Waals surface area contributed by atoms with Crippen LogP contribution in [0.2, 0.25) is 0 Å². The molecular formula is C14H17BrN2S. The maximum absolute atomic E-state index is 8.84. The Morgan fingerprint density at radius 1 is 1.44 bits per heavy atom. The Hall–Kier alpha value is -0.660. The van der Waals surface area contributed by atoms with Gasteiger partial charge in [-0.2, -0.15) is 17.0 Å². The lowest BCUT2D eigenvalue weighted by molar-refractivity contribution is 0.640. The molecule has 1 saturated carbocycles. The Balaban J connectivity index is 2.04. The number of hydrogen-bond donors (Lipinski definition) is 1. The van der Waals surface area contributed by atoms with Crippen molar-refractivity contribution in [3.63, 3.8) is 0 Å². The van der Waals surface area contributed by atoms with Crippen molar-refractivity contribution in [2.45, 2.75) is 30.4 Å². The normalized spacial score (nSPS) is 17.4. The van der Waals surface area contributed by atoms with Crippen LogP contribution in [0.25, 0.3) is 0 Å². The summed E-state index contributed by atoms with van der Waals surface area (Å²) >= 11 is 5.50. The summed E-state index contributed by atoms with van der Waals surface area (Å²) < 4.78 is 1.36. The molecule has 1 N–H and O–H groups in total. The van der Waals surface area contributed by atoms with E-state index in [0.717, 1.165) is 16.7 Å². The summed E-state index contributed by atoms with van der Waals surface area (Å²) in [6.45, 7) is 0.999. The van der Waals surface area contributed by atoms with Gasteiger partial charge in [-0.25, -0.2) is 0 Å². The van der Waals surface area contributed by atoms with E-state index in [-0.39, 0.29) is 0 Å². The van der Waals surface area contributed by atoms with Crippen molar-refractivity contribution in [3.8, 4) is 6.07 Å². The van der Waals surface area contributed by atoms with E-state index in [1.165, 1.54) is 25.7 Å². The fourth-order valence-electron chi connectivity index (χ4n) is 2.46. The summed E-state index contributed by atoms with van der Waals surface area (Å²) in [6.07, 6.45) is 7.50. The molecule has 0 aromatic heterocycles. The number of benzene rings is 1. The van der Waals surface area contributed by atoms with E-state index in [2.05, 4.69) is 33.6 Å². The van der Waals surface area contributed by atoms with Gasteiger partial charge in [0, 0.05) is 21.5 Å². The van der Waals surface area contributed by atoms with Crippen molar-refractivity contribution in [1.82, 2.24) is 0 Å². The Morgan fingerprint density at radius 3 is 2.72 bits per heavy atom. The van der Waals surface area contributed by atoms with Crippen LogP contribution in [0, 0.1) is 11.3 Å². The molecule has 0 bridgehead atoms. The Morgan fingerprint density at radius 2 is 2.17 bits per heavy atom. The zero-order valence-electron chi connectivity index (χ0n) is 10.5. The number of hydrogen-bond acceptors (Lipinski definition) is 3. The average Bonchev–Trinajstić information content (AvgIpc) is 2.86. The molecule has 0 heterocycles. The summed E-state index contributed by atoms with van der Waals surface area (Å²) in [5, 5.41) is 12.4. The lowest BCUT2D eigenvalue weighted by atomic mass is 10.1.